The molecule has 90 valence electrons. The number of nitrogens with zero attached hydrogens (tertiary/aromatic N) is 1. The summed E-state index contributed by atoms with van der Waals surface area (Å²) in [6.45, 7) is 6.98. The van der Waals surface area contributed by atoms with Crippen LogP contribution >= 0.6 is 27.3 Å². The maximum Gasteiger partial charge on any atom is 0.0325 e. The topological polar surface area (TPSA) is 15.3 Å². The van der Waals surface area contributed by atoms with Crippen LogP contribution in [0.1, 0.15) is 11.8 Å². The molecule has 1 aliphatic heterocycles. The van der Waals surface area contributed by atoms with Crippen molar-refractivity contribution in [2.24, 2.45) is 11.8 Å². The SMILES string of the molecule is C[C@@H]1CNC[C@H]1CN(C)Cc1cc(Br)cs1. The van der Waals surface area contributed by atoms with Gasteiger partial charge >= 0.3 is 0 Å². The summed E-state index contributed by atoms with van der Waals surface area (Å²) >= 11 is 5.33. The van der Waals surface area contributed by atoms with Crippen molar-refractivity contribution in [1.29, 1.82) is 0 Å². The van der Waals surface area contributed by atoms with Crippen molar-refractivity contribution in [1.82, 2.24) is 10.2 Å². The van der Waals surface area contributed by atoms with Gasteiger partial charge in [-0.15, -0.1) is 11.3 Å². The number of hydrogen-bond donors (Lipinski definition) is 1. The normalized spacial score (nSPS) is 25.5. The Morgan fingerprint density at radius 1 is 1.56 bits per heavy atom. The molecule has 0 unspecified atom stereocenters. The number of thiophene rings is 1. The van der Waals surface area contributed by atoms with Gasteiger partial charge in [0.1, 0.15) is 0 Å². The molecule has 2 heterocycles. The van der Waals surface area contributed by atoms with Crippen molar-refractivity contribution in [2.45, 2.75) is 13.5 Å². The molecule has 4 heteroatoms. The lowest BCUT2D eigenvalue weighted by Crippen LogP contribution is -2.28. The molecule has 0 aromatic carbocycles. The second-order valence-electron chi connectivity index (χ2n) is 4.82. The van der Waals surface area contributed by atoms with Crippen molar-refractivity contribution in [3.63, 3.8) is 0 Å². The molecule has 1 aromatic heterocycles. The van der Waals surface area contributed by atoms with E-state index in [1.165, 1.54) is 29.0 Å². The summed E-state index contributed by atoms with van der Waals surface area (Å²) in [6.07, 6.45) is 0. The molecular weight excluding hydrogens is 284 g/mol. The van der Waals surface area contributed by atoms with Gasteiger partial charge in [0.25, 0.3) is 0 Å². The second kappa shape index (κ2) is 5.63. The number of hydrogen-bond acceptors (Lipinski definition) is 3. The average molecular weight is 303 g/mol. The first-order valence-electron chi connectivity index (χ1n) is 5.77. The van der Waals surface area contributed by atoms with Crippen molar-refractivity contribution < 1.29 is 0 Å². The van der Waals surface area contributed by atoms with Gasteiger partial charge in [-0.25, -0.2) is 0 Å². The summed E-state index contributed by atoms with van der Waals surface area (Å²) in [4.78, 5) is 3.87. The lowest BCUT2D eigenvalue weighted by molar-refractivity contribution is 0.254. The fourth-order valence-corrected chi connectivity index (χ4v) is 3.81. The monoisotopic (exact) mass is 302 g/mol. The van der Waals surface area contributed by atoms with Gasteiger partial charge in [0.05, 0.1) is 0 Å². The molecule has 16 heavy (non-hydrogen) atoms. The zero-order chi connectivity index (χ0) is 11.5. The molecule has 0 saturated carbocycles. The smallest absolute Gasteiger partial charge is 0.0325 e. The van der Waals surface area contributed by atoms with Crippen LogP contribution in [0, 0.1) is 11.8 Å². The highest BCUT2D eigenvalue weighted by atomic mass is 79.9. The third kappa shape index (κ3) is 3.29. The molecule has 1 fully saturated rings. The Morgan fingerprint density at radius 3 is 2.94 bits per heavy atom. The predicted molar refractivity (Wildman–Crippen MR) is 73.9 cm³/mol. The molecule has 0 aliphatic carbocycles. The number of halogens is 1. The maximum absolute atomic E-state index is 3.50. The first-order valence-corrected chi connectivity index (χ1v) is 7.44. The molecule has 0 radical (unpaired) electrons. The van der Waals surface area contributed by atoms with Crippen LogP contribution in [0.2, 0.25) is 0 Å². The van der Waals surface area contributed by atoms with Crippen LogP contribution in [-0.2, 0) is 6.54 Å². The summed E-state index contributed by atoms with van der Waals surface area (Å²) < 4.78 is 1.21. The van der Waals surface area contributed by atoms with Gasteiger partial charge in [-0.05, 0) is 54.0 Å². The highest BCUT2D eigenvalue weighted by Gasteiger charge is 2.23. The first kappa shape index (κ1) is 12.6. The summed E-state index contributed by atoms with van der Waals surface area (Å²) in [5.74, 6) is 1.63. The Hall–Kier alpha value is 0.1000. The van der Waals surface area contributed by atoms with Crippen LogP contribution in [0.5, 0.6) is 0 Å². The van der Waals surface area contributed by atoms with Gasteiger partial charge in [-0.3, -0.25) is 0 Å². The molecule has 0 spiro atoms. The first-order chi connectivity index (χ1) is 7.65. The zero-order valence-corrected chi connectivity index (χ0v) is 12.3. The van der Waals surface area contributed by atoms with Crippen molar-refractivity contribution in [2.75, 3.05) is 26.7 Å². The minimum Gasteiger partial charge on any atom is -0.316 e. The van der Waals surface area contributed by atoms with E-state index in [-0.39, 0.29) is 0 Å². The zero-order valence-electron chi connectivity index (χ0n) is 9.87. The van der Waals surface area contributed by atoms with E-state index in [9.17, 15) is 0 Å². The highest BCUT2D eigenvalue weighted by Crippen LogP contribution is 2.22. The molecule has 0 bridgehead atoms. The van der Waals surface area contributed by atoms with Crippen LogP contribution in [0.4, 0.5) is 0 Å². The Balaban J connectivity index is 1.82. The van der Waals surface area contributed by atoms with Gasteiger partial charge in [-0.2, -0.15) is 0 Å². The van der Waals surface area contributed by atoms with Crippen molar-refractivity contribution in [3.05, 3.63) is 20.8 Å². The molecule has 1 aliphatic rings. The molecule has 2 atom stereocenters. The molecular formula is C12H19BrN2S. The predicted octanol–water partition coefficient (Wildman–Crippen LogP) is 2.80. The standard InChI is InChI=1S/C12H19BrN2S/c1-9-4-14-5-10(9)6-15(2)7-12-3-11(13)8-16-12/h3,8-10,14H,4-7H2,1-2H3/t9-,10+/m1/s1. The lowest BCUT2D eigenvalue weighted by Gasteiger charge is -2.22. The minimum absolute atomic E-state index is 0.813. The van der Waals surface area contributed by atoms with Gasteiger partial charge < -0.3 is 10.2 Å². The van der Waals surface area contributed by atoms with Crippen LogP contribution in [0.3, 0.4) is 0 Å². The van der Waals surface area contributed by atoms with E-state index < -0.39 is 0 Å². The third-order valence-electron chi connectivity index (χ3n) is 3.27. The molecule has 1 aromatic rings. The van der Waals surface area contributed by atoms with Crippen molar-refractivity contribution in [3.8, 4) is 0 Å². The van der Waals surface area contributed by atoms with Crippen LogP contribution < -0.4 is 5.32 Å². The van der Waals surface area contributed by atoms with E-state index in [2.05, 4.69) is 51.6 Å². The largest absolute Gasteiger partial charge is 0.316 e. The van der Waals surface area contributed by atoms with Crippen LogP contribution in [0.25, 0.3) is 0 Å². The summed E-state index contributed by atoms with van der Waals surface area (Å²) in [5, 5.41) is 5.62. The van der Waals surface area contributed by atoms with Gasteiger partial charge in [0, 0.05) is 27.8 Å². The van der Waals surface area contributed by atoms with Gasteiger partial charge in [0.15, 0.2) is 0 Å². The summed E-state index contributed by atoms with van der Waals surface area (Å²) in [6, 6.07) is 2.22. The average Bonchev–Trinajstić information content (AvgIpc) is 2.77. The van der Waals surface area contributed by atoms with E-state index in [1.807, 2.05) is 11.3 Å². The minimum atomic E-state index is 0.813. The van der Waals surface area contributed by atoms with Gasteiger partial charge in [-0.1, -0.05) is 6.92 Å². The molecule has 1 saturated heterocycles. The third-order valence-corrected chi connectivity index (χ3v) is 4.95. The fourth-order valence-electron chi connectivity index (χ4n) is 2.28. The van der Waals surface area contributed by atoms with Crippen LogP contribution in [0.15, 0.2) is 15.9 Å². The Bertz CT molecular complexity index is 340. The summed E-state index contributed by atoms with van der Waals surface area (Å²) in [5.41, 5.74) is 0. The fraction of sp³-hybridized carbons (Fsp3) is 0.667. The Labute approximate surface area is 110 Å². The Morgan fingerprint density at radius 2 is 2.38 bits per heavy atom. The highest BCUT2D eigenvalue weighted by molar-refractivity contribution is 9.10. The van der Waals surface area contributed by atoms with E-state index >= 15 is 0 Å². The van der Waals surface area contributed by atoms with Crippen molar-refractivity contribution >= 4 is 27.3 Å². The quantitative estimate of drug-likeness (QED) is 0.920. The molecule has 1 N–H and O–H groups in total. The van der Waals surface area contributed by atoms with Crippen LogP contribution in [-0.4, -0.2) is 31.6 Å². The lowest BCUT2D eigenvalue weighted by atomic mass is 9.98. The Kier molecular flexibility index (Phi) is 4.41. The summed E-state index contributed by atoms with van der Waals surface area (Å²) in [7, 11) is 2.22. The van der Waals surface area contributed by atoms with E-state index in [4.69, 9.17) is 0 Å². The molecule has 2 nitrogen and oxygen atoms in total. The van der Waals surface area contributed by atoms with E-state index in [0.29, 0.717) is 0 Å². The molecule has 2 rings (SSSR count). The number of rotatable bonds is 4. The van der Waals surface area contributed by atoms with Gasteiger partial charge in [0.2, 0.25) is 0 Å². The van der Waals surface area contributed by atoms with E-state index in [1.54, 1.807) is 0 Å². The second-order valence-corrected chi connectivity index (χ2v) is 6.74. The maximum atomic E-state index is 3.50. The number of nitrogens with one attached hydrogen (secondary N) is 1. The molecule has 0 amide bonds. The van der Waals surface area contributed by atoms with E-state index in [0.717, 1.165) is 18.4 Å².